The zero-order valence-electron chi connectivity index (χ0n) is 17.0. The molecule has 0 atom stereocenters. The molecule has 5 rings (SSSR count). The van der Waals surface area contributed by atoms with Crippen molar-refractivity contribution in [2.75, 3.05) is 6.54 Å². The quantitative estimate of drug-likeness (QED) is 0.461. The van der Waals surface area contributed by atoms with Gasteiger partial charge in [-0.2, -0.15) is 10.2 Å². The molecule has 0 N–H and O–H groups in total. The van der Waals surface area contributed by atoms with Crippen LogP contribution in [0.4, 0.5) is 13.2 Å². The minimum absolute atomic E-state index is 0.202. The van der Waals surface area contributed by atoms with Gasteiger partial charge in [0.15, 0.2) is 17.5 Å². The maximum atomic E-state index is 13.8. The number of aromatic nitrogens is 5. The molecule has 32 heavy (non-hydrogen) atoms. The molecule has 4 aromatic rings. The maximum Gasteiger partial charge on any atom is 0.255 e. The van der Waals surface area contributed by atoms with E-state index in [1.165, 1.54) is 10.9 Å². The van der Waals surface area contributed by atoms with Crippen LogP contribution >= 0.6 is 0 Å². The summed E-state index contributed by atoms with van der Waals surface area (Å²) in [5.74, 6) is -4.23. The Morgan fingerprint density at radius 2 is 1.88 bits per heavy atom. The average molecular weight is 438 g/mol. The molecule has 0 unspecified atom stereocenters. The Balaban J connectivity index is 1.43. The molecule has 1 amide bonds. The first-order valence-corrected chi connectivity index (χ1v) is 9.86. The van der Waals surface area contributed by atoms with Crippen molar-refractivity contribution in [3.8, 4) is 16.9 Å². The molecule has 0 bridgehead atoms. The molecule has 162 valence electrons. The largest absolute Gasteiger partial charge is 0.332 e. The zero-order valence-corrected chi connectivity index (χ0v) is 17.0. The molecule has 1 aliphatic rings. The van der Waals surface area contributed by atoms with Gasteiger partial charge in [0.25, 0.3) is 5.91 Å². The number of carbonyl (C=O) groups excluding carboxylic acids is 1. The summed E-state index contributed by atoms with van der Waals surface area (Å²) in [6, 6.07) is 5.41. The smallest absolute Gasteiger partial charge is 0.255 e. The number of fused-ring (bicyclic) bond motifs is 1. The SMILES string of the molecule is Cn1nc2c(c1-c1cc(F)c(F)c(F)c1)CCN(C(=O)c1cncc(-n3cccn3)c1)C2. The van der Waals surface area contributed by atoms with Crippen molar-refractivity contribution < 1.29 is 18.0 Å². The van der Waals surface area contributed by atoms with Crippen LogP contribution in [0, 0.1) is 17.5 Å². The summed E-state index contributed by atoms with van der Waals surface area (Å²) in [7, 11) is 1.65. The topological polar surface area (TPSA) is 68.8 Å². The van der Waals surface area contributed by atoms with E-state index in [1.54, 1.807) is 47.4 Å². The van der Waals surface area contributed by atoms with Crippen molar-refractivity contribution in [2.24, 2.45) is 7.05 Å². The Morgan fingerprint density at radius 1 is 1.09 bits per heavy atom. The van der Waals surface area contributed by atoms with Crippen molar-refractivity contribution in [3.63, 3.8) is 0 Å². The van der Waals surface area contributed by atoms with Crippen LogP contribution in [0.5, 0.6) is 0 Å². The standard InChI is InChI=1S/C22H17F3N6O/c1-29-21(13-8-17(23)20(25)18(24)9-13)16-3-6-30(12-19(16)28-29)22(32)14-7-15(11-26-10-14)31-5-2-4-27-31/h2,4-5,7-11H,3,6,12H2,1H3. The molecule has 10 heteroatoms. The van der Waals surface area contributed by atoms with Crippen LogP contribution in [-0.4, -0.2) is 41.9 Å². The van der Waals surface area contributed by atoms with Gasteiger partial charge in [-0.05, 0) is 30.7 Å². The van der Waals surface area contributed by atoms with Crippen LogP contribution in [0.15, 0.2) is 49.1 Å². The van der Waals surface area contributed by atoms with Gasteiger partial charge in [-0.3, -0.25) is 14.5 Å². The van der Waals surface area contributed by atoms with E-state index in [4.69, 9.17) is 0 Å². The predicted octanol–water partition coefficient (Wildman–Crippen LogP) is 3.28. The van der Waals surface area contributed by atoms with Gasteiger partial charge in [-0.15, -0.1) is 0 Å². The van der Waals surface area contributed by atoms with Crippen molar-refractivity contribution >= 4 is 5.91 Å². The highest BCUT2D eigenvalue weighted by molar-refractivity contribution is 5.94. The summed E-state index contributed by atoms with van der Waals surface area (Å²) in [5.41, 5.74) is 3.20. The van der Waals surface area contributed by atoms with Gasteiger partial charge in [0.05, 0.1) is 35.4 Å². The van der Waals surface area contributed by atoms with E-state index < -0.39 is 17.5 Å². The second-order valence-corrected chi connectivity index (χ2v) is 7.51. The van der Waals surface area contributed by atoms with Crippen LogP contribution in [0.3, 0.4) is 0 Å². The minimum atomic E-state index is -1.51. The van der Waals surface area contributed by atoms with E-state index in [2.05, 4.69) is 15.2 Å². The monoisotopic (exact) mass is 438 g/mol. The molecule has 0 saturated heterocycles. The molecule has 7 nitrogen and oxygen atoms in total. The maximum absolute atomic E-state index is 13.8. The first kappa shape index (κ1) is 20.0. The molecular weight excluding hydrogens is 421 g/mol. The highest BCUT2D eigenvalue weighted by atomic mass is 19.2. The molecule has 3 aromatic heterocycles. The number of aryl methyl sites for hydroxylation is 1. The van der Waals surface area contributed by atoms with Crippen LogP contribution < -0.4 is 0 Å². The van der Waals surface area contributed by atoms with E-state index in [0.29, 0.717) is 35.6 Å². The molecule has 1 aliphatic heterocycles. The lowest BCUT2D eigenvalue weighted by atomic mass is 9.99. The van der Waals surface area contributed by atoms with Crippen molar-refractivity contribution in [2.45, 2.75) is 13.0 Å². The molecule has 0 radical (unpaired) electrons. The Labute approximate surface area is 180 Å². The van der Waals surface area contributed by atoms with Gasteiger partial charge < -0.3 is 4.90 Å². The van der Waals surface area contributed by atoms with E-state index in [9.17, 15) is 18.0 Å². The average Bonchev–Trinajstić information content (AvgIpc) is 3.43. The summed E-state index contributed by atoms with van der Waals surface area (Å²) in [6.45, 7) is 0.628. The first-order valence-electron chi connectivity index (χ1n) is 9.86. The fraction of sp³-hybridized carbons (Fsp3) is 0.182. The number of rotatable bonds is 3. The lowest BCUT2D eigenvalue weighted by molar-refractivity contribution is 0.0732. The number of nitrogens with zero attached hydrogens (tertiary/aromatic N) is 6. The lowest BCUT2D eigenvalue weighted by Crippen LogP contribution is -2.36. The van der Waals surface area contributed by atoms with Crippen LogP contribution in [0.1, 0.15) is 21.6 Å². The number of pyridine rings is 1. The van der Waals surface area contributed by atoms with Crippen LogP contribution in [0.25, 0.3) is 16.9 Å². The van der Waals surface area contributed by atoms with Crippen molar-refractivity contribution in [1.82, 2.24) is 29.4 Å². The highest BCUT2D eigenvalue weighted by Gasteiger charge is 2.28. The summed E-state index contributed by atoms with van der Waals surface area (Å²) >= 11 is 0. The number of hydrogen-bond donors (Lipinski definition) is 0. The van der Waals surface area contributed by atoms with E-state index in [-0.39, 0.29) is 18.0 Å². The minimum Gasteiger partial charge on any atom is -0.332 e. The van der Waals surface area contributed by atoms with Gasteiger partial charge >= 0.3 is 0 Å². The van der Waals surface area contributed by atoms with Gasteiger partial charge in [0, 0.05) is 43.3 Å². The Morgan fingerprint density at radius 3 is 2.59 bits per heavy atom. The third kappa shape index (κ3) is 3.33. The Hall–Kier alpha value is -3.95. The predicted molar refractivity (Wildman–Crippen MR) is 108 cm³/mol. The number of hydrogen-bond acceptors (Lipinski definition) is 4. The molecule has 0 spiro atoms. The number of carbonyl (C=O) groups is 1. The van der Waals surface area contributed by atoms with Crippen molar-refractivity contribution in [3.05, 3.63) is 83.3 Å². The third-order valence-corrected chi connectivity index (χ3v) is 5.49. The first-order chi connectivity index (χ1) is 15.4. The normalized spacial score (nSPS) is 13.3. The highest BCUT2D eigenvalue weighted by Crippen LogP contribution is 2.32. The molecular formula is C22H17F3N6O. The number of amides is 1. The Bertz CT molecular complexity index is 1310. The summed E-state index contributed by atoms with van der Waals surface area (Å²) < 4.78 is 44.1. The van der Waals surface area contributed by atoms with E-state index in [1.807, 2.05) is 0 Å². The van der Waals surface area contributed by atoms with Crippen molar-refractivity contribution in [1.29, 1.82) is 0 Å². The van der Waals surface area contributed by atoms with E-state index >= 15 is 0 Å². The van der Waals surface area contributed by atoms with Crippen LogP contribution in [-0.2, 0) is 20.0 Å². The Kier molecular flexibility index (Phi) is 4.76. The molecule has 1 aromatic carbocycles. The molecule has 0 aliphatic carbocycles. The van der Waals surface area contributed by atoms with Gasteiger partial charge in [0.1, 0.15) is 0 Å². The number of halogens is 3. The summed E-state index contributed by atoms with van der Waals surface area (Å²) in [5, 5.41) is 8.60. The fourth-order valence-corrected chi connectivity index (χ4v) is 4.02. The lowest BCUT2D eigenvalue weighted by Gasteiger charge is -2.26. The number of benzene rings is 1. The second-order valence-electron chi connectivity index (χ2n) is 7.51. The molecule has 0 fully saturated rings. The van der Waals surface area contributed by atoms with Gasteiger partial charge in [0.2, 0.25) is 0 Å². The second kappa shape index (κ2) is 7.63. The summed E-state index contributed by atoms with van der Waals surface area (Å²) in [4.78, 5) is 18.9. The fourth-order valence-electron chi connectivity index (χ4n) is 4.02. The molecule has 0 saturated carbocycles. The summed E-state index contributed by atoms with van der Waals surface area (Å²) in [6.07, 6.45) is 6.95. The third-order valence-electron chi connectivity index (χ3n) is 5.49. The van der Waals surface area contributed by atoms with Gasteiger partial charge in [-0.1, -0.05) is 0 Å². The van der Waals surface area contributed by atoms with Gasteiger partial charge in [-0.25, -0.2) is 17.9 Å². The van der Waals surface area contributed by atoms with Crippen LogP contribution in [0.2, 0.25) is 0 Å². The molecule has 4 heterocycles. The zero-order chi connectivity index (χ0) is 22.4. The van der Waals surface area contributed by atoms with E-state index in [0.717, 1.165) is 17.7 Å².